The van der Waals surface area contributed by atoms with E-state index in [4.69, 9.17) is 16.7 Å². The molecule has 1 aromatic carbocycles. The molecule has 0 saturated heterocycles. The Bertz CT molecular complexity index is 493. The van der Waals surface area contributed by atoms with Crippen molar-refractivity contribution in [3.8, 4) is 0 Å². The van der Waals surface area contributed by atoms with Gasteiger partial charge in [-0.2, -0.15) is 0 Å². The topological polar surface area (TPSA) is 52.6 Å². The number of amides is 1. The standard InChI is InChI=1S/C15H20ClFN2O2/c16-13-9-11(5-6-14(13)17)18-15(21)10-19(7-8-20)12-3-1-2-4-12/h5-6,9,12,20H,1-4,7-8,10H2,(H,18,21). The van der Waals surface area contributed by atoms with Crippen LogP contribution in [0, 0.1) is 5.82 Å². The summed E-state index contributed by atoms with van der Waals surface area (Å²) in [5, 5.41) is 11.8. The summed E-state index contributed by atoms with van der Waals surface area (Å²) >= 11 is 5.69. The first kappa shape index (κ1) is 16.2. The molecule has 0 heterocycles. The fraction of sp³-hybridized carbons (Fsp3) is 0.533. The molecule has 0 unspecified atom stereocenters. The molecule has 1 aliphatic carbocycles. The molecule has 116 valence electrons. The summed E-state index contributed by atoms with van der Waals surface area (Å²) in [5.74, 6) is -0.694. The van der Waals surface area contributed by atoms with Gasteiger partial charge in [0.2, 0.25) is 5.91 Å². The zero-order valence-corrected chi connectivity index (χ0v) is 12.6. The number of halogens is 2. The van der Waals surface area contributed by atoms with Crippen LogP contribution in [-0.4, -0.2) is 41.7 Å². The van der Waals surface area contributed by atoms with Crippen LogP contribution in [0.1, 0.15) is 25.7 Å². The molecule has 2 rings (SSSR count). The highest BCUT2D eigenvalue weighted by molar-refractivity contribution is 6.31. The molecular formula is C15H20ClFN2O2. The minimum absolute atomic E-state index is 0.0178. The van der Waals surface area contributed by atoms with E-state index in [2.05, 4.69) is 5.32 Å². The number of benzene rings is 1. The molecule has 1 aromatic rings. The van der Waals surface area contributed by atoms with E-state index in [1.54, 1.807) is 0 Å². The Kier molecular flexibility index (Phi) is 5.96. The number of hydrogen-bond donors (Lipinski definition) is 2. The summed E-state index contributed by atoms with van der Waals surface area (Å²) < 4.78 is 13.1. The van der Waals surface area contributed by atoms with Gasteiger partial charge in [0.05, 0.1) is 18.2 Å². The number of anilines is 1. The van der Waals surface area contributed by atoms with Gasteiger partial charge in [-0.3, -0.25) is 9.69 Å². The normalized spacial score (nSPS) is 15.6. The van der Waals surface area contributed by atoms with Gasteiger partial charge in [-0.1, -0.05) is 24.4 Å². The van der Waals surface area contributed by atoms with Crippen molar-refractivity contribution in [2.24, 2.45) is 0 Å². The maximum absolute atomic E-state index is 13.1. The van der Waals surface area contributed by atoms with E-state index in [1.165, 1.54) is 31.0 Å². The highest BCUT2D eigenvalue weighted by Gasteiger charge is 2.23. The zero-order valence-electron chi connectivity index (χ0n) is 11.8. The number of hydrogen-bond acceptors (Lipinski definition) is 3. The molecule has 2 N–H and O–H groups in total. The molecule has 1 amide bonds. The molecule has 0 atom stereocenters. The summed E-state index contributed by atoms with van der Waals surface area (Å²) in [6.07, 6.45) is 4.47. The summed E-state index contributed by atoms with van der Waals surface area (Å²) in [6, 6.07) is 4.45. The highest BCUT2D eigenvalue weighted by atomic mass is 35.5. The molecule has 0 aromatic heterocycles. The lowest BCUT2D eigenvalue weighted by Gasteiger charge is -2.27. The van der Waals surface area contributed by atoms with E-state index in [-0.39, 0.29) is 24.1 Å². The van der Waals surface area contributed by atoms with Crippen molar-refractivity contribution in [2.45, 2.75) is 31.7 Å². The van der Waals surface area contributed by atoms with Crippen molar-refractivity contribution in [1.82, 2.24) is 4.90 Å². The molecule has 1 saturated carbocycles. The maximum atomic E-state index is 13.1. The second-order valence-corrected chi connectivity index (χ2v) is 5.72. The molecule has 0 spiro atoms. The summed E-state index contributed by atoms with van der Waals surface area (Å²) in [6.45, 7) is 0.745. The lowest BCUT2D eigenvalue weighted by atomic mass is 10.2. The molecule has 6 heteroatoms. The summed E-state index contributed by atoms with van der Waals surface area (Å²) in [7, 11) is 0. The fourth-order valence-corrected chi connectivity index (χ4v) is 2.93. The quantitative estimate of drug-likeness (QED) is 0.849. The van der Waals surface area contributed by atoms with E-state index in [9.17, 15) is 9.18 Å². The van der Waals surface area contributed by atoms with Crippen LogP contribution < -0.4 is 5.32 Å². The Hall–Kier alpha value is -1.17. The minimum atomic E-state index is -0.512. The number of nitrogens with zero attached hydrogens (tertiary/aromatic N) is 1. The van der Waals surface area contributed by atoms with Crippen LogP contribution in [0.15, 0.2) is 18.2 Å². The van der Waals surface area contributed by atoms with Crippen LogP contribution in [0.25, 0.3) is 0 Å². The van der Waals surface area contributed by atoms with E-state index >= 15 is 0 Å². The van der Waals surface area contributed by atoms with Crippen LogP contribution in [0.2, 0.25) is 5.02 Å². The molecule has 0 aliphatic heterocycles. The van der Waals surface area contributed by atoms with E-state index in [0.29, 0.717) is 18.3 Å². The van der Waals surface area contributed by atoms with Gasteiger partial charge >= 0.3 is 0 Å². The largest absolute Gasteiger partial charge is 0.395 e. The van der Waals surface area contributed by atoms with Crippen molar-refractivity contribution in [3.05, 3.63) is 29.0 Å². The number of aliphatic hydroxyl groups excluding tert-OH is 1. The minimum Gasteiger partial charge on any atom is -0.395 e. The number of carbonyl (C=O) groups excluding carboxylic acids is 1. The van der Waals surface area contributed by atoms with E-state index < -0.39 is 5.82 Å². The van der Waals surface area contributed by atoms with Gasteiger partial charge in [-0.05, 0) is 31.0 Å². The number of rotatable bonds is 6. The van der Waals surface area contributed by atoms with Crippen molar-refractivity contribution in [2.75, 3.05) is 25.0 Å². The third-order valence-electron chi connectivity index (χ3n) is 3.78. The summed E-state index contributed by atoms with van der Waals surface area (Å²) in [5.41, 5.74) is 0.474. The molecule has 1 fully saturated rings. The monoisotopic (exact) mass is 314 g/mol. The molecular weight excluding hydrogens is 295 g/mol. The number of aliphatic hydroxyl groups is 1. The van der Waals surface area contributed by atoms with Gasteiger partial charge in [0.1, 0.15) is 5.82 Å². The Morgan fingerprint density at radius 3 is 2.76 bits per heavy atom. The van der Waals surface area contributed by atoms with Crippen LogP contribution in [-0.2, 0) is 4.79 Å². The summed E-state index contributed by atoms with van der Waals surface area (Å²) in [4.78, 5) is 14.1. The zero-order chi connectivity index (χ0) is 15.2. The Labute approximate surface area is 128 Å². The van der Waals surface area contributed by atoms with Gasteiger partial charge < -0.3 is 10.4 Å². The SMILES string of the molecule is O=C(CN(CCO)C1CCCC1)Nc1ccc(F)c(Cl)c1. The van der Waals surface area contributed by atoms with Gasteiger partial charge in [0.25, 0.3) is 0 Å². The molecule has 4 nitrogen and oxygen atoms in total. The number of carbonyl (C=O) groups is 1. The third-order valence-corrected chi connectivity index (χ3v) is 4.07. The van der Waals surface area contributed by atoms with Crippen molar-refractivity contribution in [3.63, 3.8) is 0 Å². The van der Waals surface area contributed by atoms with Gasteiger partial charge in [0, 0.05) is 18.3 Å². The van der Waals surface area contributed by atoms with Gasteiger partial charge in [0.15, 0.2) is 0 Å². The van der Waals surface area contributed by atoms with Crippen molar-refractivity contribution >= 4 is 23.2 Å². The average Bonchev–Trinajstić information content (AvgIpc) is 2.96. The lowest BCUT2D eigenvalue weighted by molar-refractivity contribution is -0.118. The van der Waals surface area contributed by atoms with Crippen LogP contribution >= 0.6 is 11.6 Å². The first-order valence-corrected chi connectivity index (χ1v) is 7.58. The second kappa shape index (κ2) is 7.73. The smallest absolute Gasteiger partial charge is 0.238 e. The Morgan fingerprint density at radius 1 is 1.43 bits per heavy atom. The predicted octanol–water partition coefficient (Wildman–Crippen LogP) is 2.65. The molecule has 0 radical (unpaired) electrons. The molecule has 21 heavy (non-hydrogen) atoms. The molecule has 0 bridgehead atoms. The van der Waals surface area contributed by atoms with E-state index in [0.717, 1.165) is 12.8 Å². The van der Waals surface area contributed by atoms with Crippen molar-refractivity contribution in [1.29, 1.82) is 0 Å². The van der Waals surface area contributed by atoms with E-state index in [1.807, 2.05) is 4.90 Å². The van der Waals surface area contributed by atoms with Gasteiger partial charge in [-0.15, -0.1) is 0 Å². The Balaban J connectivity index is 1.93. The molecule has 1 aliphatic rings. The van der Waals surface area contributed by atoms with Crippen LogP contribution in [0.3, 0.4) is 0 Å². The lowest BCUT2D eigenvalue weighted by Crippen LogP contribution is -2.41. The second-order valence-electron chi connectivity index (χ2n) is 5.31. The third kappa shape index (κ3) is 4.66. The van der Waals surface area contributed by atoms with Gasteiger partial charge in [-0.25, -0.2) is 4.39 Å². The van der Waals surface area contributed by atoms with Crippen LogP contribution in [0.4, 0.5) is 10.1 Å². The average molecular weight is 315 g/mol. The maximum Gasteiger partial charge on any atom is 0.238 e. The first-order chi connectivity index (χ1) is 10.1. The number of nitrogens with one attached hydrogen (secondary N) is 1. The van der Waals surface area contributed by atoms with Crippen molar-refractivity contribution < 1.29 is 14.3 Å². The predicted molar refractivity (Wildman–Crippen MR) is 81.0 cm³/mol. The Morgan fingerprint density at radius 2 is 2.14 bits per heavy atom. The van der Waals surface area contributed by atoms with Crippen LogP contribution in [0.5, 0.6) is 0 Å². The first-order valence-electron chi connectivity index (χ1n) is 7.20. The highest BCUT2D eigenvalue weighted by Crippen LogP contribution is 2.23. The fourth-order valence-electron chi connectivity index (χ4n) is 2.75.